The third-order valence-corrected chi connectivity index (χ3v) is 5.53. The number of thioether (sulfide) groups is 1. The first kappa shape index (κ1) is 17.6. The fourth-order valence-electron chi connectivity index (χ4n) is 2.18. The quantitative estimate of drug-likeness (QED) is 0.645. The van der Waals surface area contributed by atoms with Crippen molar-refractivity contribution in [2.24, 2.45) is 12.0 Å². The Bertz CT molecular complexity index is 937. The van der Waals surface area contributed by atoms with Crippen molar-refractivity contribution in [2.45, 2.75) is 25.5 Å². The van der Waals surface area contributed by atoms with Crippen LogP contribution in [0.5, 0.6) is 0 Å². The number of hydrogen-bond donors (Lipinski definition) is 0. The van der Waals surface area contributed by atoms with E-state index in [9.17, 15) is 4.79 Å². The monoisotopic (exact) mass is 373 g/mol. The van der Waals surface area contributed by atoms with E-state index in [0.29, 0.717) is 11.3 Å². The number of hydrogen-bond acceptors (Lipinski definition) is 5. The van der Waals surface area contributed by atoms with Crippen LogP contribution in [0.25, 0.3) is 0 Å². The van der Waals surface area contributed by atoms with E-state index in [0.717, 1.165) is 11.0 Å². The Labute approximate surface area is 154 Å². The molecule has 2 aromatic heterocycles. The molecule has 6 nitrogen and oxygen atoms in total. The maximum absolute atomic E-state index is 12.2. The van der Waals surface area contributed by atoms with E-state index in [1.807, 2.05) is 34.7 Å². The lowest BCUT2D eigenvalue weighted by Crippen LogP contribution is -2.17. The van der Waals surface area contributed by atoms with Crippen molar-refractivity contribution in [1.82, 2.24) is 19.3 Å². The molecule has 8 heteroatoms. The number of rotatable bonds is 5. The molecule has 0 atom stereocenters. The van der Waals surface area contributed by atoms with Gasteiger partial charge in [-0.05, 0) is 19.4 Å². The molecule has 0 bridgehead atoms. The number of nitrogens with zero attached hydrogens (tertiary/aromatic N) is 5. The first-order valence-electron chi connectivity index (χ1n) is 7.79. The normalized spacial score (nSPS) is 11.9. The average molecular weight is 374 g/mol. The Morgan fingerprint density at radius 1 is 1.24 bits per heavy atom. The van der Waals surface area contributed by atoms with Crippen molar-refractivity contribution in [2.75, 3.05) is 5.75 Å². The lowest BCUT2D eigenvalue weighted by atomic mass is 10.1. The summed E-state index contributed by atoms with van der Waals surface area (Å²) >= 11 is 2.81. The summed E-state index contributed by atoms with van der Waals surface area (Å²) in [6.45, 7) is 4.64. The largest absolute Gasteiger partial charge is 0.319 e. The van der Waals surface area contributed by atoms with Crippen molar-refractivity contribution in [3.05, 3.63) is 57.6 Å². The summed E-state index contributed by atoms with van der Waals surface area (Å²) in [6.07, 6.45) is 1.95. The average Bonchev–Trinajstić information content (AvgIpc) is 3.15. The molecule has 0 aliphatic rings. The molecule has 0 saturated heterocycles. The number of carbonyl (C=O) groups excluding carboxylic acids is 1. The second kappa shape index (κ2) is 7.79. The summed E-state index contributed by atoms with van der Waals surface area (Å²) in [5.41, 5.74) is 2.41. The van der Waals surface area contributed by atoms with Crippen LogP contribution in [0.1, 0.15) is 17.0 Å². The highest BCUT2D eigenvalue weighted by Crippen LogP contribution is 2.15. The molecule has 0 unspecified atom stereocenters. The minimum atomic E-state index is -0.175. The standard InChI is InChI=1S/C17H19N5OS2/c1-12-4-6-14(7-5-12)10-22-8-9-24-16(22)18-15(23)11-25-17-20-19-13(2)21(17)3/h4-9H,10-11H2,1-3H3. The van der Waals surface area contributed by atoms with Gasteiger partial charge in [-0.3, -0.25) is 4.79 Å². The summed E-state index contributed by atoms with van der Waals surface area (Å²) in [5, 5.41) is 10.7. The Morgan fingerprint density at radius 3 is 2.68 bits per heavy atom. The third kappa shape index (κ3) is 4.46. The van der Waals surface area contributed by atoms with E-state index < -0.39 is 0 Å². The maximum atomic E-state index is 12.2. The van der Waals surface area contributed by atoms with Gasteiger partial charge in [0.05, 0.1) is 5.75 Å². The van der Waals surface area contributed by atoms with Crippen LogP contribution >= 0.6 is 23.1 Å². The van der Waals surface area contributed by atoms with Crippen LogP contribution in [0.3, 0.4) is 0 Å². The molecule has 1 amide bonds. The summed E-state index contributed by atoms with van der Waals surface area (Å²) in [6, 6.07) is 8.36. The van der Waals surface area contributed by atoms with E-state index >= 15 is 0 Å². The van der Waals surface area contributed by atoms with E-state index in [2.05, 4.69) is 46.4 Å². The topological polar surface area (TPSA) is 65.1 Å². The molecule has 0 fully saturated rings. The fraction of sp³-hybridized carbons (Fsp3) is 0.294. The van der Waals surface area contributed by atoms with Crippen LogP contribution in [0.2, 0.25) is 0 Å². The Morgan fingerprint density at radius 2 is 2.00 bits per heavy atom. The predicted molar refractivity (Wildman–Crippen MR) is 99.6 cm³/mol. The highest BCUT2D eigenvalue weighted by molar-refractivity contribution is 7.99. The van der Waals surface area contributed by atoms with Crippen molar-refractivity contribution in [1.29, 1.82) is 0 Å². The van der Waals surface area contributed by atoms with Gasteiger partial charge in [0.25, 0.3) is 5.91 Å². The lowest BCUT2D eigenvalue weighted by molar-refractivity contribution is -0.115. The van der Waals surface area contributed by atoms with Gasteiger partial charge in [-0.2, -0.15) is 4.99 Å². The molecule has 0 aliphatic carbocycles. The Kier molecular flexibility index (Phi) is 5.50. The molecule has 3 aromatic rings. The van der Waals surface area contributed by atoms with Crippen LogP contribution in [0, 0.1) is 13.8 Å². The zero-order valence-corrected chi connectivity index (χ0v) is 16.0. The van der Waals surface area contributed by atoms with Gasteiger partial charge in [0.15, 0.2) is 9.96 Å². The Hall–Kier alpha value is -2.19. The van der Waals surface area contributed by atoms with Crippen molar-refractivity contribution in [3.63, 3.8) is 0 Å². The number of aryl methyl sites for hydroxylation is 2. The van der Waals surface area contributed by atoms with Crippen LogP contribution in [0.15, 0.2) is 46.0 Å². The summed E-state index contributed by atoms with van der Waals surface area (Å²) in [5.74, 6) is 0.890. The molecule has 0 spiro atoms. The van der Waals surface area contributed by atoms with Crippen LogP contribution < -0.4 is 4.80 Å². The molecule has 1 aromatic carbocycles. The van der Waals surface area contributed by atoms with Gasteiger partial charge < -0.3 is 9.13 Å². The second-order valence-electron chi connectivity index (χ2n) is 5.68. The SMILES string of the molecule is Cc1ccc(Cn2ccsc2=NC(=O)CSc2nnc(C)n2C)cc1. The minimum Gasteiger partial charge on any atom is -0.319 e. The van der Waals surface area contributed by atoms with Gasteiger partial charge in [0, 0.05) is 25.2 Å². The van der Waals surface area contributed by atoms with E-state index in [-0.39, 0.29) is 11.7 Å². The maximum Gasteiger partial charge on any atom is 0.258 e. The predicted octanol–water partition coefficient (Wildman–Crippen LogP) is 2.56. The van der Waals surface area contributed by atoms with Gasteiger partial charge >= 0.3 is 0 Å². The van der Waals surface area contributed by atoms with Gasteiger partial charge in [-0.25, -0.2) is 0 Å². The van der Waals surface area contributed by atoms with Gasteiger partial charge in [0.2, 0.25) is 0 Å². The van der Waals surface area contributed by atoms with E-state index in [1.54, 1.807) is 0 Å². The molecule has 0 N–H and O–H groups in total. The van der Waals surface area contributed by atoms with Crippen LogP contribution in [-0.2, 0) is 18.4 Å². The fourth-order valence-corrected chi connectivity index (χ4v) is 3.66. The molecule has 130 valence electrons. The minimum absolute atomic E-state index is 0.175. The summed E-state index contributed by atoms with van der Waals surface area (Å²) in [4.78, 5) is 17.2. The number of carbonyl (C=O) groups is 1. The first-order valence-corrected chi connectivity index (χ1v) is 9.65. The molecule has 0 saturated carbocycles. The van der Waals surface area contributed by atoms with Crippen molar-refractivity contribution < 1.29 is 4.79 Å². The number of benzene rings is 1. The molecule has 25 heavy (non-hydrogen) atoms. The lowest BCUT2D eigenvalue weighted by Gasteiger charge is -2.04. The third-order valence-electron chi connectivity index (χ3n) is 3.73. The molecular weight excluding hydrogens is 354 g/mol. The molecule has 3 rings (SSSR count). The van der Waals surface area contributed by atoms with E-state index in [1.165, 1.54) is 34.2 Å². The number of thiazole rings is 1. The van der Waals surface area contributed by atoms with Gasteiger partial charge in [-0.15, -0.1) is 21.5 Å². The zero-order valence-electron chi connectivity index (χ0n) is 14.3. The summed E-state index contributed by atoms with van der Waals surface area (Å²) in [7, 11) is 1.88. The van der Waals surface area contributed by atoms with Crippen molar-refractivity contribution >= 4 is 29.0 Å². The Balaban J connectivity index is 1.69. The molecule has 0 aliphatic heterocycles. The van der Waals surface area contributed by atoms with Gasteiger partial charge in [-0.1, -0.05) is 41.6 Å². The molecule has 0 radical (unpaired) electrons. The molecular formula is C17H19N5OS2. The smallest absolute Gasteiger partial charge is 0.258 e. The van der Waals surface area contributed by atoms with Gasteiger partial charge in [0.1, 0.15) is 5.82 Å². The highest BCUT2D eigenvalue weighted by atomic mass is 32.2. The van der Waals surface area contributed by atoms with Crippen LogP contribution in [-0.4, -0.2) is 31.0 Å². The number of amides is 1. The van der Waals surface area contributed by atoms with Crippen molar-refractivity contribution in [3.8, 4) is 0 Å². The summed E-state index contributed by atoms with van der Waals surface area (Å²) < 4.78 is 3.85. The molecule has 2 heterocycles. The van der Waals surface area contributed by atoms with E-state index in [4.69, 9.17) is 0 Å². The highest BCUT2D eigenvalue weighted by Gasteiger charge is 2.09. The first-order chi connectivity index (χ1) is 12.0. The second-order valence-corrected chi connectivity index (χ2v) is 7.50. The zero-order chi connectivity index (χ0) is 17.8. The van der Waals surface area contributed by atoms with Crippen LogP contribution in [0.4, 0.5) is 0 Å². The number of aromatic nitrogens is 4.